The van der Waals surface area contributed by atoms with Gasteiger partial charge in [-0.3, -0.25) is 4.90 Å². The van der Waals surface area contributed by atoms with Crippen molar-refractivity contribution in [3.8, 4) is 0 Å². The normalized spacial score (nSPS) is 15.9. The van der Waals surface area contributed by atoms with Crippen LogP contribution in [0.3, 0.4) is 0 Å². The maximum Gasteiger partial charge on any atom is 0.315 e. The largest absolute Gasteiger partial charge is 0.379 e. The number of hydrogen-bond donors (Lipinski definition) is 2. The molecule has 3 rings (SSSR count). The molecule has 0 saturated carbocycles. The summed E-state index contributed by atoms with van der Waals surface area (Å²) in [4.78, 5) is 14.6. The van der Waals surface area contributed by atoms with Gasteiger partial charge >= 0.3 is 6.03 Å². The molecule has 0 aromatic heterocycles. The van der Waals surface area contributed by atoms with Crippen LogP contribution in [0.1, 0.15) is 29.7 Å². The standard InChI is InChI=1S/C21H26BrN3O2/c1-16(19-4-2-3-5-20(19)22)24-21(26)23-14-17-6-8-18(9-7-17)15-25-10-12-27-13-11-25/h2-9,16H,10-15H2,1H3,(H2,23,24,26). The Morgan fingerprint density at radius 1 is 1.11 bits per heavy atom. The van der Waals surface area contributed by atoms with Crippen LogP contribution < -0.4 is 10.6 Å². The number of ether oxygens (including phenoxy) is 1. The molecule has 1 fully saturated rings. The van der Waals surface area contributed by atoms with E-state index >= 15 is 0 Å². The monoisotopic (exact) mass is 431 g/mol. The van der Waals surface area contributed by atoms with E-state index in [2.05, 4.69) is 55.7 Å². The SMILES string of the molecule is CC(NC(=O)NCc1ccc(CN2CCOCC2)cc1)c1ccccc1Br. The summed E-state index contributed by atoms with van der Waals surface area (Å²) in [7, 11) is 0. The Hall–Kier alpha value is -1.89. The van der Waals surface area contributed by atoms with Crippen LogP contribution in [0.5, 0.6) is 0 Å². The highest BCUT2D eigenvalue weighted by molar-refractivity contribution is 9.10. The first kappa shape index (κ1) is 19.9. The van der Waals surface area contributed by atoms with Crippen molar-refractivity contribution in [2.45, 2.75) is 26.1 Å². The first-order valence-electron chi connectivity index (χ1n) is 9.28. The molecule has 1 aliphatic heterocycles. The van der Waals surface area contributed by atoms with E-state index in [1.165, 1.54) is 5.56 Å². The maximum atomic E-state index is 12.2. The average Bonchev–Trinajstić information content (AvgIpc) is 2.68. The Morgan fingerprint density at radius 3 is 2.48 bits per heavy atom. The summed E-state index contributed by atoms with van der Waals surface area (Å²) in [6.45, 7) is 7.02. The molecule has 5 nitrogen and oxygen atoms in total. The highest BCUT2D eigenvalue weighted by Crippen LogP contribution is 2.22. The van der Waals surface area contributed by atoms with E-state index < -0.39 is 0 Å². The molecule has 144 valence electrons. The van der Waals surface area contributed by atoms with Crippen molar-refractivity contribution in [2.24, 2.45) is 0 Å². The molecule has 6 heteroatoms. The second-order valence-corrected chi connectivity index (χ2v) is 7.63. The zero-order valence-corrected chi connectivity index (χ0v) is 17.2. The molecule has 2 amide bonds. The summed E-state index contributed by atoms with van der Waals surface area (Å²) in [6, 6.07) is 16.1. The maximum absolute atomic E-state index is 12.2. The lowest BCUT2D eigenvalue weighted by molar-refractivity contribution is 0.0342. The van der Waals surface area contributed by atoms with E-state index in [-0.39, 0.29) is 12.1 Å². The zero-order valence-electron chi connectivity index (χ0n) is 15.6. The molecule has 0 aliphatic carbocycles. The predicted octanol–water partition coefficient (Wildman–Crippen LogP) is 3.84. The number of morpholine rings is 1. The van der Waals surface area contributed by atoms with Crippen LogP contribution in [-0.2, 0) is 17.8 Å². The van der Waals surface area contributed by atoms with Gasteiger partial charge in [0.15, 0.2) is 0 Å². The quantitative estimate of drug-likeness (QED) is 0.730. The summed E-state index contributed by atoms with van der Waals surface area (Å²) in [5, 5.41) is 5.90. The minimum Gasteiger partial charge on any atom is -0.379 e. The van der Waals surface area contributed by atoms with Crippen LogP contribution in [0.15, 0.2) is 53.0 Å². The first-order chi connectivity index (χ1) is 13.1. The van der Waals surface area contributed by atoms with Crippen molar-refractivity contribution in [1.29, 1.82) is 0 Å². The molecule has 2 aromatic carbocycles. The van der Waals surface area contributed by atoms with Crippen molar-refractivity contribution >= 4 is 22.0 Å². The van der Waals surface area contributed by atoms with Crippen LogP contribution in [0.25, 0.3) is 0 Å². The molecule has 1 unspecified atom stereocenters. The van der Waals surface area contributed by atoms with E-state index in [9.17, 15) is 4.79 Å². The number of amides is 2. The third kappa shape index (κ3) is 6.06. The Kier molecular flexibility index (Phi) is 7.26. The van der Waals surface area contributed by atoms with E-state index in [0.717, 1.165) is 48.4 Å². The molecule has 0 spiro atoms. The van der Waals surface area contributed by atoms with Crippen LogP contribution in [0.4, 0.5) is 4.79 Å². The first-order valence-corrected chi connectivity index (χ1v) is 10.1. The number of halogens is 1. The lowest BCUT2D eigenvalue weighted by Gasteiger charge is -2.26. The zero-order chi connectivity index (χ0) is 19.1. The van der Waals surface area contributed by atoms with Gasteiger partial charge in [0.2, 0.25) is 0 Å². The van der Waals surface area contributed by atoms with Gasteiger partial charge in [0.05, 0.1) is 19.3 Å². The van der Waals surface area contributed by atoms with Crippen LogP contribution in [0, 0.1) is 0 Å². The van der Waals surface area contributed by atoms with Gasteiger partial charge in [-0.2, -0.15) is 0 Å². The lowest BCUT2D eigenvalue weighted by atomic mass is 10.1. The number of nitrogens with one attached hydrogen (secondary N) is 2. The minimum atomic E-state index is -0.171. The van der Waals surface area contributed by atoms with E-state index in [1.807, 2.05) is 31.2 Å². The van der Waals surface area contributed by atoms with Crippen LogP contribution in [0.2, 0.25) is 0 Å². The average molecular weight is 432 g/mol. The third-order valence-electron chi connectivity index (χ3n) is 4.71. The molecule has 1 aliphatic rings. The van der Waals surface area contributed by atoms with Crippen molar-refractivity contribution in [2.75, 3.05) is 26.3 Å². The topological polar surface area (TPSA) is 53.6 Å². The van der Waals surface area contributed by atoms with Crippen molar-refractivity contribution in [1.82, 2.24) is 15.5 Å². The number of nitrogens with zero attached hydrogens (tertiary/aromatic N) is 1. The van der Waals surface area contributed by atoms with Crippen molar-refractivity contribution < 1.29 is 9.53 Å². The summed E-state index contributed by atoms with van der Waals surface area (Å²) in [5.74, 6) is 0. The molecule has 27 heavy (non-hydrogen) atoms. The highest BCUT2D eigenvalue weighted by atomic mass is 79.9. The Balaban J connectivity index is 1.45. The number of hydrogen-bond acceptors (Lipinski definition) is 3. The second kappa shape index (κ2) is 9.88. The van der Waals surface area contributed by atoms with Gasteiger partial charge in [-0.15, -0.1) is 0 Å². The number of carbonyl (C=O) groups is 1. The fourth-order valence-corrected chi connectivity index (χ4v) is 3.74. The molecule has 0 radical (unpaired) electrons. The van der Waals surface area contributed by atoms with Gasteiger partial charge in [-0.1, -0.05) is 58.4 Å². The fourth-order valence-electron chi connectivity index (χ4n) is 3.11. The number of rotatable bonds is 6. The molecular formula is C21H26BrN3O2. The predicted molar refractivity (Wildman–Crippen MR) is 110 cm³/mol. The summed E-state index contributed by atoms with van der Waals surface area (Å²) in [5.41, 5.74) is 3.43. The van der Waals surface area contributed by atoms with E-state index in [4.69, 9.17) is 4.74 Å². The molecule has 1 heterocycles. The summed E-state index contributed by atoms with van der Waals surface area (Å²) in [6.07, 6.45) is 0. The summed E-state index contributed by atoms with van der Waals surface area (Å²) < 4.78 is 6.38. The minimum absolute atomic E-state index is 0.0727. The number of carbonyl (C=O) groups excluding carboxylic acids is 1. The fraction of sp³-hybridized carbons (Fsp3) is 0.381. The van der Waals surface area contributed by atoms with Gasteiger partial charge in [-0.25, -0.2) is 4.79 Å². The molecular weight excluding hydrogens is 406 g/mol. The summed E-state index contributed by atoms with van der Waals surface area (Å²) >= 11 is 3.52. The van der Waals surface area contributed by atoms with Gasteiger partial charge < -0.3 is 15.4 Å². The van der Waals surface area contributed by atoms with E-state index in [0.29, 0.717) is 6.54 Å². The highest BCUT2D eigenvalue weighted by Gasteiger charge is 2.12. The van der Waals surface area contributed by atoms with Crippen molar-refractivity contribution in [3.05, 3.63) is 69.7 Å². The second-order valence-electron chi connectivity index (χ2n) is 6.78. The number of urea groups is 1. The van der Waals surface area contributed by atoms with E-state index in [1.54, 1.807) is 0 Å². The molecule has 0 bridgehead atoms. The van der Waals surface area contributed by atoms with Gasteiger partial charge in [0.1, 0.15) is 0 Å². The molecule has 2 N–H and O–H groups in total. The smallest absolute Gasteiger partial charge is 0.315 e. The van der Waals surface area contributed by atoms with Crippen LogP contribution >= 0.6 is 15.9 Å². The Morgan fingerprint density at radius 2 is 1.78 bits per heavy atom. The molecule has 1 atom stereocenters. The van der Waals surface area contributed by atoms with Crippen LogP contribution in [-0.4, -0.2) is 37.2 Å². The number of benzene rings is 2. The van der Waals surface area contributed by atoms with Gasteiger partial charge in [-0.05, 0) is 29.7 Å². The van der Waals surface area contributed by atoms with Crippen molar-refractivity contribution in [3.63, 3.8) is 0 Å². The molecule has 1 saturated heterocycles. The Bertz CT molecular complexity index is 745. The van der Waals surface area contributed by atoms with Gasteiger partial charge in [0.25, 0.3) is 0 Å². The third-order valence-corrected chi connectivity index (χ3v) is 5.43. The van der Waals surface area contributed by atoms with Gasteiger partial charge in [0, 0.05) is 30.7 Å². The Labute approximate surface area is 169 Å². The molecule has 2 aromatic rings. The lowest BCUT2D eigenvalue weighted by Crippen LogP contribution is -2.36.